The van der Waals surface area contributed by atoms with E-state index in [1.165, 1.54) is 0 Å². The van der Waals surface area contributed by atoms with E-state index in [4.69, 9.17) is 9.47 Å². The van der Waals surface area contributed by atoms with Gasteiger partial charge in [-0.25, -0.2) is 0 Å². The summed E-state index contributed by atoms with van der Waals surface area (Å²) in [5.74, 6) is -0.553. The molecule has 1 aliphatic carbocycles. The zero-order chi connectivity index (χ0) is 15.1. The van der Waals surface area contributed by atoms with E-state index in [1.54, 1.807) is 0 Å². The summed E-state index contributed by atoms with van der Waals surface area (Å²) in [7, 11) is 0. The highest BCUT2D eigenvalue weighted by Crippen LogP contribution is 2.30. The van der Waals surface area contributed by atoms with Gasteiger partial charge in [-0.1, -0.05) is 13.2 Å². The summed E-state index contributed by atoms with van der Waals surface area (Å²) in [6.07, 6.45) is 2.73. The van der Waals surface area contributed by atoms with E-state index in [-0.39, 0.29) is 37.0 Å². The van der Waals surface area contributed by atoms with E-state index in [0.29, 0.717) is 25.7 Å². The van der Waals surface area contributed by atoms with E-state index in [0.717, 1.165) is 11.1 Å². The molecule has 0 bridgehead atoms. The molecule has 0 aromatic carbocycles. The maximum absolute atomic E-state index is 11.8. The van der Waals surface area contributed by atoms with Crippen molar-refractivity contribution in [1.29, 1.82) is 0 Å². The average molecular weight is 280 g/mol. The number of carbonyl (C=O) groups excluding carboxylic acids is 2. The third-order valence-corrected chi connectivity index (χ3v) is 3.32. The van der Waals surface area contributed by atoms with E-state index in [2.05, 4.69) is 13.2 Å². The number of esters is 2. The van der Waals surface area contributed by atoms with Crippen LogP contribution in [0.4, 0.5) is 0 Å². The molecule has 0 N–H and O–H groups in total. The Hall–Kier alpha value is -1.58. The predicted octanol–water partition coefficient (Wildman–Crippen LogP) is 3.03. The Labute approximate surface area is 120 Å². The summed E-state index contributed by atoms with van der Waals surface area (Å²) in [5, 5.41) is 0. The van der Waals surface area contributed by atoms with Crippen LogP contribution in [0.15, 0.2) is 24.3 Å². The molecule has 0 heterocycles. The molecule has 4 heteroatoms. The largest absolute Gasteiger partial charge is 0.461 e. The molecule has 0 radical (unpaired) electrons. The Bertz CT molecular complexity index is 351. The molecule has 1 fully saturated rings. The zero-order valence-corrected chi connectivity index (χ0v) is 12.4. The summed E-state index contributed by atoms with van der Waals surface area (Å²) >= 11 is 0. The maximum atomic E-state index is 11.8. The second kappa shape index (κ2) is 7.88. The maximum Gasteiger partial charge on any atom is 0.309 e. The van der Waals surface area contributed by atoms with Crippen LogP contribution in [0.5, 0.6) is 0 Å². The quantitative estimate of drug-likeness (QED) is 0.554. The monoisotopic (exact) mass is 280 g/mol. The van der Waals surface area contributed by atoms with Gasteiger partial charge in [-0.05, 0) is 50.7 Å². The van der Waals surface area contributed by atoms with Gasteiger partial charge in [-0.3, -0.25) is 9.59 Å². The van der Waals surface area contributed by atoms with E-state index in [9.17, 15) is 9.59 Å². The summed E-state index contributed by atoms with van der Waals surface area (Å²) in [4.78, 5) is 23.6. The SMILES string of the molecule is C=C(C)COC(=O)C1CCC(C(=O)OCC(=C)C)CC1. The molecule has 0 unspecified atom stereocenters. The van der Waals surface area contributed by atoms with Gasteiger partial charge in [0, 0.05) is 0 Å². The summed E-state index contributed by atoms with van der Waals surface area (Å²) < 4.78 is 10.3. The van der Waals surface area contributed by atoms with Crippen LogP contribution in [0.3, 0.4) is 0 Å². The fourth-order valence-corrected chi connectivity index (χ4v) is 2.19. The molecule has 112 valence electrons. The molecule has 0 spiro atoms. The van der Waals surface area contributed by atoms with Crippen molar-refractivity contribution in [3.05, 3.63) is 24.3 Å². The van der Waals surface area contributed by atoms with Crippen molar-refractivity contribution in [1.82, 2.24) is 0 Å². The first kappa shape index (κ1) is 16.5. The van der Waals surface area contributed by atoms with Crippen molar-refractivity contribution in [3.8, 4) is 0 Å². The normalized spacial score (nSPS) is 21.9. The second-order valence-corrected chi connectivity index (χ2v) is 5.68. The van der Waals surface area contributed by atoms with Gasteiger partial charge in [0.25, 0.3) is 0 Å². The van der Waals surface area contributed by atoms with Gasteiger partial charge >= 0.3 is 11.9 Å². The first-order chi connectivity index (χ1) is 9.40. The molecular formula is C16H24O4. The Morgan fingerprint density at radius 3 is 1.40 bits per heavy atom. The Morgan fingerprint density at radius 1 is 0.850 bits per heavy atom. The van der Waals surface area contributed by atoms with Crippen molar-refractivity contribution in [2.24, 2.45) is 11.8 Å². The average Bonchev–Trinajstić information content (AvgIpc) is 2.42. The topological polar surface area (TPSA) is 52.6 Å². The molecule has 0 aromatic rings. The molecule has 0 atom stereocenters. The molecule has 1 aliphatic rings. The molecule has 1 rings (SSSR count). The van der Waals surface area contributed by atoms with Crippen molar-refractivity contribution in [2.45, 2.75) is 39.5 Å². The van der Waals surface area contributed by atoms with Gasteiger partial charge in [0.1, 0.15) is 13.2 Å². The first-order valence-electron chi connectivity index (χ1n) is 7.02. The van der Waals surface area contributed by atoms with Crippen LogP contribution in [0.2, 0.25) is 0 Å². The van der Waals surface area contributed by atoms with Crippen LogP contribution in [0, 0.1) is 11.8 Å². The number of ether oxygens (including phenoxy) is 2. The minimum atomic E-state index is -0.179. The zero-order valence-electron chi connectivity index (χ0n) is 12.4. The van der Waals surface area contributed by atoms with Crippen molar-refractivity contribution < 1.29 is 19.1 Å². The van der Waals surface area contributed by atoms with Crippen molar-refractivity contribution in [2.75, 3.05) is 13.2 Å². The Balaban J connectivity index is 2.32. The molecule has 20 heavy (non-hydrogen) atoms. The van der Waals surface area contributed by atoms with Gasteiger partial charge in [-0.15, -0.1) is 0 Å². The standard InChI is InChI=1S/C16H24O4/c1-11(2)9-19-15(17)13-5-7-14(8-6-13)16(18)20-10-12(3)4/h13-14H,1,3,5-10H2,2,4H3. The lowest BCUT2D eigenvalue weighted by molar-refractivity contribution is -0.154. The highest BCUT2D eigenvalue weighted by Gasteiger charge is 2.31. The Kier molecular flexibility index (Phi) is 6.49. The van der Waals surface area contributed by atoms with Crippen molar-refractivity contribution >= 4 is 11.9 Å². The van der Waals surface area contributed by atoms with Crippen molar-refractivity contribution in [3.63, 3.8) is 0 Å². The molecule has 1 saturated carbocycles. The van der Waals surface area contributed by atoms with Crippen LogP contribution in [0.1, 0.15) is 39.5 Å². The second-order valence-electron chi connectivity index (χ2n) is 5.68. The van der Waals surface area contributed by atoms with Gasteiger partial charge in [0.15, 0.2) is 0 Å². The fraction of sp³-hybridized carbons (Fsp3) is 0.625. The first-order valence-corrected chi connectivity index (χ1v) is 7.02. The number of rotatable bonds is 6. The molecule has 0 saturated heterocycles. The molecule has 4 nitrogen and oxygen atoms in total. The van der Waals surface area contributed by atoms with Crippen LogP contribution in [-0.2, 0) is 19.1 Å². The lowest BCUT2D eigenvalue weighted by atomic mass is 9.82. The molecule has 0 aromatic heterocycles. The summed E-state index contributed by atoms with van der Waals surface area (Å²) in [6, 6.07) is 0. The van der Waals surface area contributed by atoms with E-state index in [1.807, 2.05) is 13.8 Å². The number of hydrogen-bond donors (Lipinski definition) is 0. The predicted molar refractivity (Wildman–Crippen MR) is 77.0 cm³/mol. The number of carbonyl (C=O) groups is 2. The lowest BCUT2D eigenvalue weighted by Gasteiger charge is -2.26. The van der Waals surface area contributed by atoms with Crippen LogP contribution >= 0.6 is 0 Å². The third-order valence-electron chi connectivity index (χ3n) is 3.32. The summed E-state index contributed by atoms with van der Waals surface area (Å²) in [5.41, 5.74) is 1.66. The minimum absolute atomic E-state index is 0.0976. The lowest BCUT2D eigenvalue weighted by Crippen LogP contribution is -2.28. The molecular weight excluding hydrogens is 256 g/mol. The van der Waals surface area contributed by atoms with Gasteiger partial charge in [0.2, 0.25) is 0 Å². The van der Waals surface area contributed by atoms with E-state index >= 15 is 0 Å². The van der Waals surface area contributed by atoms with E-state index < -0.39 is 0 Å². The molecule has 0 aliphatic heterocycles. The van der Waals surface area contributed by atoms with Crippen LogP contribution in [-0.4, -0.2) is 25.2 Å². The van der Waals surface area contributed by atoms with Crippen LogP contribution < -0.4 is 0 Å². The van der Waals surface area contributed by atoms with Gasteiger partial charge < -0.3 is 9.47 Å². The molecule has 0 amide bonds. The van der Waals surface area contributed by atoms with Gasteiger partial charge in [-0.2, -0.15) is 0 Å². The van der Waals surface area contributed by atoms with Gasteiger partial charge in [0.05, 0.1) is 11.8 Å². The number of hydrogen-bond acceptors (Lipinski definition) is 4. The third kappa shape index (κ3) is 5.59. The minimum Gasteiger partial charge on any atom is -0.461 e. The smallest absolute Gasteiger partial charge is 0.309 e. The fourth-order valence-electron chi connectivity index (χ4n) is 2.19. The summed E-state index contributed by atoms with van der Waals surface area (Å²) in [6.45, 7) is 11.6. The van der Waals surface area contributed by atoms with Crippen LogP contribution in [0.25, 0.3) is 0 Å². The Morgan fingerprint density at radius 2 is 1.15 bits per heavy atom. The highest BCUT2D eigenvalue weighted by atomic mass is 16.5. The highest BCUT2D eigenvalue weighted by molar-refractivity contribution is 5.75.